The fraction of sp³-hybridized carbons (Fsp3) is 0.526. The summed E-state index contributed by atoms with van der Waals surface area (Å²) in [5, 5.41) is 0. The molecule has 30 atom stereocenters. The van der Waals surface area contributed by atoms with E-state index >= 15 is 0 Å². The van der Waals surface area contributed by atoms with Crippen LogP contribution in [0.4, 0.5) is 0 Å². The minimum Gasteiger partial charge on any atom is -0.0619 e. The van der Waals surface area contributed by atoms with Gasteiger partial charge >= 0.3 is 0 Å². The molecule has 3 heteroatoms. The summed E-state index contributed by atoms with van der Waals surface area (Å²) < 4.78 is 0. The van der Waals surface area contributed by atoms with E-state index in [0.29, 0.717) is 0 Å². The summed E-state index contributed by atoms with van der Waals surface area (Å²) in [6, 6.07) is 94.0. The van der Waals surface area contributed by atoms with Gasteiger partial charge in [-0.15, -0.1) is 0 Å². The van der Waals surface area contributed by atoms with Crippen LogP contribution in [0.1, 0.15) is 262 Å². The Labute approximate surface area is 711 Å². The largest absolute Gasteiger partial charge is 0.166 e. The zero-order valence-electron chi connectivity index (χ0n) is 69.8. The second kappa shape index (κ2) is 30.5. The Bertz CT molecular complexity index is 4650. The summed E-state index contributed by atoms with van der Waals surface area (Å²) in [5.74, 6) is 29.6. The molecule has 0 spiro atoms. The molecule has 0 N–H and O–H groups in total. The highest BCUT2D eigenvalue weighted by atomic mass is 32.2. The summed E-state index contributed by atoms with van der Waals surface area (Å²) in [7, 11) is -0.139. The first-order valence-electron chi connectivity index (χ1n) is 48.9. The van der Waals surface area contributed by atoms with E-state index in [2.05, 4.69) is 237 Å². The molecule has 18 fully saturated rings. The average Bonchev–Trinajstić information content (AvgIpc) is 1.62. The van der Waals surface area contributed by atoms with Gasteiger partial charge in [-0.1, -0.05) is 166 Å². The van der Waals surface area contributed by atoms with E-state index in [1.165, 1.54) is 237 Å². The van der Waals surface area contributed by atoms with Crippen molar-refractivity contribution >= 4 is 32.7 Å². The van der Waals surface area contributed by atoms with Gasteiger partial charge < -0.3 is 0 Å². The fourth-order valence-corrected chi connectivity index (χ4v) is 40.9. The van der Waals surface area contributed by atoms with Crippen LogP contribution in [0.3, 0.4) is 0 Å². The smallest absolute Gasteiger partial charge is 0.0619 e. The second-order valence-electron chi connectivity index (χ2n) is 42.8. The Hall–Kier alpha value is -5.97. The number of hydrogen-bond donors (Lipinski definition) is 0. The first-order valence-corrected chi connectivity index (χ1v) is 52.6. The molecule has 18 aliphatic carbocycles. The van der Waals surface area contributed by atoms with Crippen molar-refractivity contribution in [2.24, 2.45) is 142 Å². The predicted molar refractivity (Wildman–Crippen MR) is 483 cm³/mol. The van der Waals surface area contributed by atoms with E-state index in [1.807, 2.05) is 0 Å². The first-order chi connectivity index (χ1) is 57.9. The van der Waals surface area contributed by atoms with Gasteiger partial charge in [0.25, 0.3) is 0 Å². The van der Waals surface area contributed by atoms with Crippen molar-refractivity contribution in [3.05, 3.63) is 270 Å². The molecule has 18 saturated carbocycles. The average molecular weight is 1600 g/mol. The normalized spacial score (nSPS) is 40.0. The van der Waals surface area contributed by atoms with Gasteiger partial charge in [0.15, 0.2) is 44.1 Å². The van der Waals surface area contributed by atoms with Gasteiger partial charge in [-0.3, -0.25) is 0 Å². The van der Waals surface area contributed by atoms with Crippen LogP contribution in [0, 0.1) is 142 Å². The van der Waals surface area contributed by atoms with E-state index in [0.717, 1.165) is 178 Å². The highest BCUT2D eigenvalue weighted by Gasteiger charge is 2.60. The van der Waals surface area contributed by atoms with Crippen molar-refractivity contribution in [2.45, 2.75) is 272 Å². The molecule has 18 aliphatic rings. The van der Waals surface area contributed by atoms with Gasteiger partial charge in [-0.2, -0.15) is 0 Å². The third-order valence-electron chi connectivity index (χ3n) is 38.8. The summed E-state index contributed by atoms with van der Waals surface area (Å²) in [4.78, 5) is 13.2. The molecule has 0 saturated heterocycles. The van der Waals surface area contributed by atoms with E-state index in [9.17, 15) is 0 Å². The summed E-state index contributed by atoms with van der Waals surface area (Å²) in [6.45, 7) is 0. The molecule has 27 rings (SSSR count). The minimum absolute atomic E-state index is 0.0305. The van der Waals surface area contributed by atoms with Crippen LogP contribution in [0.25, 0.3) is 0 Å². The van der Waals surface area contributed by atoms with E-state index in [4.69, 9.17) is 0 Å². The maximum atomic E-state index is 2.58. The first kappa shape index (κ1) is 73.7. The predicted octanol–water partition coefficient (Wildman–Crippen LogP) is 29.6. The lowest BCUT2D eigenvalue weighted by Gasteiger charge is -2.32. The van der Waals surface area contributed by atoms with Gasteiger partial charge in [0.2, 0.25) is 0 Å². The molecule has 0 heterocycles. The Morgan fingerprint density at radius 1 is 0.137 bits per heavy atom. The lowest BCUT2D eigenvalue weighted by atomic mass is 9.73. The van der Waals surface area contributed by atoms with Crippen molar-refractivity contribution < 1.29 is 0 Å². The topological polar surface area (TPSA) is 0 Å². The number of hydrogen-bond acceptors (Lipinski definition) is 0. The van der Waals surface area contributed by atoms with Gasteiger partial charge in [0.05, 0.1) is 32.7 Å². The van der Waals surface area contributed by atoms with Gasteiger partial charge in [0, 0.05) is 0 Å². The second-order valence-corrected chi connectivity index (χ2v) is 48.9. The summed E-state index contributed by atoms with van der Waals surface area (Å²) in [6.07, 6.45) is 45.1. The monoisotopic (exact) mass is 1590 g/mol. The molecular weight excluding hydrogens is 1470 g/mol. The van der Waals surface area contributed by atoms with Crippen molar-refractivity contribution in [1.29, 1.82) is 0 Å². The molecule has 0 nitrogen and oxygen atoms in total. The molecule has 9 aromatic carbocycles. The van der Waals surface area contributed by atoms with Crippen LogP contribution in [-0.2, 0) is 32.7 Å². The lowest BCUT2D eigenvalue weighted by Crippen LogP contribution is -2.23. The number of fused-ring (bicyclic) bond motifs is 30. The Balaban J connectivity index is 0.000000101. The molecular formula is C114H129S3+3. The van der Waals surface area contributed by atoms with Crippen LogP contribution < -0.4 is 0 Å². The molecule has 600 valence electrons. The summed E-state index contributed by atoms with van der Waals surface area (Å²) >= 11 is 0. The molecule has 9 aromatic rings. The zero-order chi connectivity index (χ0) is 76.5. The van der Waals surface area contributed by atoms with E-state index in [-0.39, 0.29) is 32.7 Å². The quantitative estimate of drug-likeness (QED) is 0.0898. The van der Waals surface area contributed by atoms with Crippen molar-refractivity contribution in [3.8, 4) is 0 Å². The molecule has 0 aromatic heterocycles. The molecule has 0 amide bonds. The van der Waals surface area contributed by atoms with Crippen molar-refractivity contribution in [2.75, 3.05) is 0 Å². The van der Waals surface area contributed by atoms with Crippen LogP contribution in [-0.4, -0.2) is 0 Å². The van der Waals surface area contributed by atoms with Gasteiger partial charge in [0.1, 0.15) is 0 Å². The van der Waals surface area contributed by atoms with Crippen LogP contribution in [0.15, 0.2) is 281 Å². The highest BCUT2D eigenvalue weighted by molar-refractivity contribution is 7.97. The van der Waals surface area contributed by atoms with Crippen molar-refractivity contribution in [1.82, 2.24) is 0 Å². The molecule has 30 unspecified atom stereocenters. The van der Waals surface area contributed by atoms with Crippen LogP contribution in [0.5, 0.6) is 0 Å². The fourth-order valence-electron chi connectivity index (χ4n) is 34.7. The molecule has 0 aliphatic heterocycles. The Kier molecular flexibility index (Phi) is 19.2. The maximum absolute atomic E-state index is 2.58. The standard InChI is InChI=1S/C48H57S.C38H43S.C28H29S/c1-4-37-31-22-43(46(25-31)40(37)7-1)28-10-16-34(17-11-28)49(35-18-12-29(13-19-35)44-23-32-26-47(44)41-8-2-5-38(32)41)36-20-14-30(15-21-36)45-24-33-27-48(45)42-9-3-6-39(33)42;1-2-6-28(7-3-1)39(29-16-12-24(13-17-29)35-20-26-22-37(35)33-10-4-8-31(26)33)30-18-14-25(15-19-30)36-21-27-23-38(36)34-11-5-9-32(27)34;1-3-8-22(9-4-1)29(23-10-5-2-6-11-23)24-16-14-20(15-17-24)27-18-21-19-28(27)26-13-7-12-25(21)26/h10-21,31-33,37-48H,1-9,22-27H2;1-3,6-7,12-19,26-27,31-38H,4-5,8-11,20-23H2;1-6,8-11,14-17,21,25-28H,7,12-13,18-19H2/q3*+1. The third-order valence-corrected chi connectivity index (χ3v) is 45.5. The number of benzene rings is 9. The molecule has 117 heavy (non-hydrogen) atoms. The molecule has 0 radical (unpaired) electrons. The van der Waals surface area contributed by atoms with E-state index < -0.39 is 0 Å². The molecule has 12 bridgehead atoms. The van der Waals surface area contributed by atoms with Crippen molar-refractivity contribution in [3.63, 3.8) is 0 Å². The maximum Gasteiger partial charge on any atom is 0.166 e. The van der Waals surface area contributed by atoms with Gasteiger partial charge in [-0.05, 0) is 474 Å². The van der Waals surface area contributed by atoms with Crippen LogP contribution >= 0.6 is 0 Å². The Morgan fingerprint density at radius 2 is 0.282 bits per heavy atom. The van der Waals surface area contributed by atoms with Crippen LogP contribution in [0.2, 0.25) is 0 Å². The number of rotatable bonds is 15. The Morgan fingerprint density at radius 3 is 0.444 bits per heavy atom. The SMILES string of the molecule is c1cc([S+](c2ccc(C3CC4CC3C3CCCC43)cc2)c2ccc(C3CC4CC3C3CCCC43)cc2)ccc1C1CC2CC1C1CCCC21.c1ccc([S+](c2ccc(C3CC4CC3C3CCCC43)cc2)c2ccc(C3CC4CC3C3CCCC43)cc2)cc1.c1ccc([S+](c2ccccc2)c2ccc(C3CC4CC3C3CCCC43)cc2)cc1. The van der Waals surface area contributed by atoms with Gasteiger partial charge in [-0.25, -0.2) is 0 Å². The zero-order valence-corrected chi connectivity index (χ0v) is 72.2. The lowest BCUT2D eigenvalue weighted by molar-refractivity contribution is 0.232. The minimum atomic E-state index is -0.0622. The highest BCUT2D eigenvalue weighted by Crippen LogP contribution is 2.70. The third kappa shape index (κ3) is 12.7. The summed E-state index contributed by atoms with van der Waals surface area (Å²) in [5.41, 5.74) is 9.82. The van der Waals surface area contributed by atoms with E-state index in [1.54, 1.807) is 33.4 Å².